The van der Waals surface area contributed by atoms with Crippen molar-refractivity contribution in [3.05, 3.63) is 29.3 Å². The molecule has 0 bridgehead atoms. The van der Waals surface area contributed by atoms with E-state index in [1.807, 2.05) is 6.07 Å². The second-order valence-corrected chi connectivity index (χ2v) is 7.20. The smallest absolute Gasteiger partial charge is 0.337 e. The molecular formula is C19H26N6O3. The zero-order valence-electron chi connectivity index (χ0n) is 15.9. The number of rotatable bonds is 6. The van der Waals surface area contributed by atoms with Crippen molar-refractivity contribution in [3.8, 4) is 6.07 Å². The fraction of sp³-hybridized carbons (Fsp3) is 0.526. The number of hydrogen-bond donors (Lipinski definition) is 5. The molecule has 9 nitrogen and oxygen atoms in total. The summed E-state index contributed by atoms with van der Waals surface area (Å²) >= 11 is 0. The second kappa shape index (κ2) is 9.12. The van der Waals surface area contributed by atoms with Crippen LogP contribution in [0.15, 0.2) is 18.2 Å². The molecule has 5 N–H and O–H groups in total. The quantitative estimate of drug-likeness (QED) is 0.482. The average Bonchev–Trinajstić information content (AvgIpc) is 3.22. The number of benzene rings is 1. The number of carboxylic acid groups (broad SMARTS) is 1. The lowest BCUT2D eigenvalue weighted by Gasteiger charge is -2.40. The van der Waals surface area contributed by atoms with E-state index in [1.165, 1.54) is 18.2 Å². The van der Waals surface area contributed by atoms with E-state index in [2.05, 4.69) is 33.3 Å². The van der Waals surface area contributed by atoms with E-state index in [0.717, 1.165) is 39.0 Å². The average molecular weight is 386 g/mol. The molecular weight excluding hydrogens is 360 g/mol. The van der Waals surface area contributed by atoms with Crippen LogP contribution in [0.5, 0.6) is 0 Å². The van der Waals surface area contributed by atoms with Gasteiger partial charge >= 0.3 is 5.97 Å². The van der Waals surface area contributed by atoms with Crippen molar-refractivity contribution in [3.63, 3.8) is 0 Å². The summed E-state index contributed by atoms with van der Waals surface area (Å²) in [6.07, 6.45) is 2.80. The first-order valence-corrected chi connectivity index (χ1v) is 9.57. The maximum absolute atomic E-state index is 12.9. The molecule has 0 radical (unpaired) electrons. The topological polar surface area (TPSA) is 130 Å². The zero-order valence-corrected chi connectivity index (χ0v) is 15.9. The van der Waals surface area contributed by atoms with Gasteiger partial charge in [-0.15, -0.1) is 0 Å². The number of anilines is 1. The van der Waals surface area contributed by atoms with E-state index in [0.29, 0.717) is 5.56 Å². The maximum atomic E-state index is 12.9. The van der Waals surface area contributed by atoms with Crippen LogP contribution in [0.2, 0.25) is 0 Å². The monoisotopic (exact) mass is 386 g/mol. The third kappa shape index (κ3) is 4.48. The van der Waals surface area contributed by atoms with Gasteiger partial charge in [0.1, 0.15) is 6.04 Å². The van der Waals surface area contributed by atoms with Gasteiger partial charge in [0.25, 0.3) is 0 Å². The van der Waals surface area contributed by atoms with E-state index in [9.17, 15) is 14.7 Å². The first-order chi connectivity index (χ1) is 13.5. The highest BCUT2D eigenvalue weighted by atomic mass is 16.4. The van der Waals surface area contributed by atoms with E-state index in [1.54, 1.807) is 0 Å². The minimum absolute atomic E-state index is 0.0378. The molecule has 2 aliphatic heterocycles. The van der Waals surface area contributed by atoms with Crippen LogP contribution in [0.3, 0.4) is 0 Å². The lowest BCUT2D eigenvalue weighted by Crippen LogP contribution is -2.64. The third-order valence-corrected chi connectivity index (χ3v) is 5.31. The summed E-state index contributed by atoms with van der Waals surface area (Å²) in [5.74, 6) is -1.34. The molecule has 28 heavy (non-hydrogen) atoms. The molecule has 3 rings (SSSR count). The number of hydrogen-bond acceptors (Lipinski definition) is 7. The maximum Gasteiger partial charge on any atom is 0.337 e. The Kier molecular flexibility index (Phi) is 6.59. The van der Waals surface area contributed by atoms with Crippen LogP contribution in [-0.2, 0) is 4.79 Å². The number of carbonyl (C=O) groups excluding carboxylic acids is 1. The van der Waals surface area contributed by atoms with Gasteiger partial charge in [-0.2, -0.15) is 5.26 Å². The Hall–Kier alpha value is -2.51. The van der Waals surface area contributed by atoms with Gasteiger partial charge in [-0.05, 0) is 37.0 Å². The molecule has 150 valence electrons. The lowest BCUT2D eigenvalue weighted by molar-refractivity contribution is -0.121. The summed E-state index contributed by atoms with van der Waals surface area (Å²) in [5.41, 5.74) is 6.76. The van der Waals surface area contributed by atoms with E-state index < -0.39 is 12.0 Å². The van der Waals surface area contributed by atoms with Gasteiger partial charge in [-0.3, -0.25) is 9.69 Å². The lowest BCUT2D eigenvalue weighted by atomic mass is 9.88. The van der Waals surface area contributed by atoms with Crippen LogP contribution < -0.4 is 21.5 Å². The molecule has 2 heterocycles. The number of aromatic carboxylic acids is 1. The van der Waals surface area contributed by atoms with E-state index in [-0.39, 0.29) is 29.2 Å². The fourth-order valence-corrected chi connectivity index (χ4v) is 3.87. The van der Waals surface area contributed by atoms with Crippen LogP contribution in [0.1, 0.15) is 42.1 Å². The van der Waals surface area contributed by atoms with Crippen LogP contribution >= 0.6 is 0 Å². The summed E-state index contributed by atoms with van der Waals surface area (Å²) in [6.45, 7) is 4.81. The highest BCUT2D eigenvalue weighted by Gasteiger charge is 2.37. The molecule has 0 spiro atoms. The predicted molar refractivity (Wildman–Crippen MR) is 103 cm³/mol. The van der Waals surface area contributed by atoms with Crippen LogP contribution in [0, 0.1) is 17.2 Å². The first-order valence-electron chi connectivity index (χ1n) is 9.57. The number of nitrogens with zero attached hydrogens (tertiary/aromatic N) is 2. The van der Waals surface area contributed by atoms with Crippen molar-refractivity contribution in [2.24, 2.45) is 5.92 Å². The summed E-state index contributed by atoms with van der Waals surface area (Å²) in [5, 5.41) is 24.5. The Bertz CT molecular complexity index is 771. The Morgan fingerprint density at radius 2 is 2.21 bits per heavy atom. The minimum Gasteiger partial charge on any atom is -0.478 e. The van der Waals surface area contributed by atoms with Crippen LogP contribution in [0.25, 0.3) is 0 Å². The number of nitrogens with one attached hydrogen (secondary N) is 4. The summed E-state index contributed by atoms with van der Waals surface area (Å²) in [7, 11) is 0. The second-order valence-electron chi connectivity index (χ2n) is 7.20. The number of nitriles is 1. The number of amides is 1. The van der Waals surface area contributed by atoms with Gasteiger partial charge in [0.05, 0.1) is 29.0 Å². The Balaban J connectivity index is 1.74. The molecule has 0 saturated carbocycles. The standard InChI is InChI=1S/C19H26N6O3/c1-2-3-13-9-16(25-7-6-21-11-25)23-24-17(13)18(26)22-15-8-12(10-20)4-5-14(15)19(27)28/h4-5,8,13,16-17,21,23-24H,2-3,6-7,9,11H2,1H3,(H,22,26)(H,27,28). The van der Waals surface area contributed by atoms with E-state index >= 15 is 0 Å². The van der Waals surface area contributed by atoms with Gasteiger partial charge in [-0.25, -0.2) is 15.6 Å². The molecule has 3 atom stereocenters. The molecule has 3 unspecified atom stereocenters. The molecule has 1 amide bonds. The number of carboxylic acids is 1. The summed E-state index contributed by atoms with van der Waals surface area (Å²) in [6, 6.07) is 5.64. The zero-order chi connectivity index (χ0) is 20.1. The SMILES string of the molecule is CCCC1CC(N2CCNC2)NNC1C(=O)Nc1cc(C#N)ccc1C(=O)O. The summed E-state index contributed by atoms with van der Waals surface area (Å²) in [4.78, 5) is 26.7. The minimum atomic E-state index is -1.15. The largest absolute Gasteiger partial charge is 0.478 e. The van der Waals surface area contributed by atoms with Gasteiger partial charge in [0.15, 0.2) is 0 Å². The highest BCUT2D eigenvalue weighted by molar-refractivity contribution is 6.02. The van der Waals surface area contributed by atoms with Crippen molar-refractivity contribution < 1.29 is 14.7 Å². The van der Waals surface area contributed by atoms with Gasteiger partial charge in [-0.1, -0.05) is 13.3 Å². The van der Waals surface area contributed by atoms with Crippen molar-refractivity contribution in [2.75, 3.05) is 25.1 Å². The molecule has 9 heteroatoms. The Labute approximate surface area is 164 Å². The molecule has 1 aromatic rings. The van der Waals surface area contributed by atoms with Crippen LogP contribution in [0.4, 0.5) is 5.69 Å². The third-order valence-electron chi connectivity index (χ3n) is 5.31. The fourth-order valence-electron chi connectivity index (χ4n) is 3.87. The first kappa shape index (κ1) is 20.2. The molecule has 1 aromatic carbocycles. The predicted octanol–water partition coefficient (Wildman–Crippen LogP) is 0.667. The van der Waals surface area contributed by atoms with Gasteiger partial charge < -0.3 is 15.7 Å². The molecule has 2 saturated heterocycles. The molecule has 2 aliphatic rings. The van der Waals surface area contributed by atoms with Crippen molar-refractivity contribution in [2.45, 2.75) is 38.4 Å². The number of hydrazine groups is 1. The van der Waals surface area contributed by atoms with Crippen molar-refractivity contribution in [1.29, 1.82) is 5.26 Å². The van der Waals surface area contributed by atoms with Crippen LogP contribution in [-0.4, -0.2) is 53.8 Å². The van der Waals surface area contributed by atoms with Crippen molar-refractivity contribution in [1.82, 2.24) is 21.1 Å². The molecule has 0 aromatic heterocycles. The molecule has 2 fully saturated rings. The van der Waals surface area contributed by atoms with Crippen molar-refractivity contribution >= 4 is 17.6 Å². The molecule has 0 aliphatic carbocycles. The normalized spacial score (nSPS) is 25.2. The summed E-state index contributed by atoms with van der Waals surface area (Å²) < 4.78 is 0. The number of carbonyl (C=O) groups is 2. The van der Waals surface area contributed by atoms with E-state index in [4.69, 9.17) is 5.26 Å². The van der Waals surface area contributed by atoms with Gasteiger partial charge in [0.2, 0.25) is 5.91 Å². The van der Waals surface area contributed by atoms with Gasteiger partial charge in [0, 0.05) is 19.8 Å². The Morgan fingerprint density at radius 1 is 1.39 bits per heavy atom. The highest BCUT2D eigenvalue weighted by Crippen LogP contribution is 2.25. The Morgan fingerprint density at radius 3 is 2.86 bits per heavy atom.